The monoisotopic (exact) mass is 373 g/mol. The van der Waals surface area contributed by atoms with Crippen molar-refractivity contribution in [2.75, 3.05) is 13.1 Å². The molecular weight excluding hydrogens is 354 g/mol. The number of hydrogen-bond donors (Lipinski definition) is 0. The highest BCUT2D eigenvalue weighted by molar-refractivity contribution is 7.10. The molecule has 1 amide bonds. The Balaban J connectivity index is 1.48. The third-order valence-corrected chi connectivity index (χ3v) is 6.28. The summed E-state index contributed by atoms with van der Waals surface area (Å²) in [4.78, 5) is 15.9. The number of hydrogen-bond acceptors (Lipinski definition) is 6. The fourth-order valence-electron chi connectivity index (χ4n) is 3.13. The van der Waals surface area contributed by atoms with Crippen molar-refractivity contribution in [2.45, 2.75) is 32.1 Å². The van der Waals surface area contributed by atoms with E-state index in [1.54, 1.807) is 22.7 Å². The summed E-state index contributed by atoms with van der Waals surface area (Å²) in [5.74, 6) is 1.42. The largest absolute Gasteiger partial charge is 0.420 e. The number of likely N-dealkylation sites (tertiary alicyclic amines) is 1. The first-order chi connectivity index (χ1) is 12.2. The van der Waals surface area contributed by atoms with E-state index in [0.717, 1.165) is 36.9 Å². The average molecular weight is 374 g/mol. The van der Waals surface area contributed by atoms with Crippen LogP contribution in [0.25, 0.3) is 11.5 Å². The van der Waals surface area contributed by atoms with Crippen LogP contribution >= 0.6 is 22.7 Å². The number of aromatic nitrogens is 2. The van der Waals surface area contributed by atoms with Gasteiger partial charge in [-0.25, -0.2) is 0 Å². The summed E-state index contributed by atoms with van der Waals surface area (Å²) in [5, 5.41) is 14.3. The van der Waals surface area contributed by atoms with Crippen LogP contribution < -0.4 is 0 Å². The van der Waals surface area contributed by atoms with Crippen LogP contribution in [0.1, 0.15) is 46.8 Å². The van der Waals surface area contributed by atoms with E-state index in [-0.39, 0.29) is 11.8 Å². The maximum absolute atomic E-state index is 12.8. The zero-order valence-electron chi connectivity index (χ0n) is 14.0. The van der Waals surface area contributed by atoms with Gasteiger partial charge < -0.3 is 9.32 Å². The Labute approximate surface area is 154 Å². The van der Waals surface area contributed by atoms with Crippen molar-refractivity contribution in [1.82, 2.24) is 15.1 Å². The van der Waals surface area contributed by atoms with E-state index in [2.05, 4.69) is 17.1 Å². The van der Waals surface area contributed by atoms with E-state index in [4.69, 9.17) is 4.42 Å². The van der Waals surface area contributed by atoms with Crippen LogP contribution in [0.4, 0.5) is 0 Å². The second kappa shape index (κ2) is 7.09. The van der Waals surface area contributed by atoms with Crippen LogP contribution in [0.15, 0.2) is 32.7 Å². The Bertz CT molecular complexity index is 853. The van der Waals surface area contributed by atoms with Crippen LogP contribution in [0.2, 0.25) is 0 Å². The molecule has 3 aromatic rings. The standard InChI is InChI=1S/C18H19N3O2S2/c1-2-15-8-14(11-25-15)18(22)21-6-3-4-12(9-21)16-19-20-17(23-16)13-5-7-24-10-13/h5,7-8,10-12H,2-4,6,9H2,1H3/t12-/m0/s1. The molecule has 25 heavy (non-hydrogen) atoms. The molecule has 0 N–H and O–H groups in total. The lowest BCUT2D eigenvalue weighted by Crippen LogP contribution is -2.39. The number of piperidine rings is 1. The zero-order valence-corrected chi connectivity index (χ0v) is 15.6. The summed E-state index contributed by atoms with van der Waals surface area (Å²) in [5.41, 5.74) is 1.75. The Morgan fingerprint density at radius 2 is 2.32 bits per heavy atom. The smallest absolute Gasteiger partial charge is 0.254 e. The van der Waals surface area contributed by atoms with Crippen LogP contribution in [0.5, 0.6) is 0 Å². The first-order valence-electron chi connectivity index (χ1n) is 8.47. The lowest BCUT2D eigenvalue weighted by Gasteiger charge is -2.30. The van der Waals surface area contributed by atoms with Crippen LogP contribution in [0, 0.1) is 0 Å². The molecule has 0 bridgehead atoms. The summed E-state index contributed by atoms with van der Waals surface area (Å²) in [6.07, 6.45) is 2.89. The van der Waals surface area contributed by atoms with Gasteiger partial charge in [0.2, 0.25) is 11.8 Å². The quantitative estimate of drug-likeness (QED) is 0.678. The second-order valence-corrected chi connectivity index (χ2v) is 7.98. The molecule has 0 spiro atoms. The number of nitrogens with zero attached hydrogens (tertiary/aromatic N) is 3. The van der Waals surface area contributed by atoms with Gasteiger partial charge in [-0.15, -0.1) is 21.5 Å². The van der Waals surface area contributed by atoms with E-state index in [9.17, 15) is 4.79 Å². The summed E-state index contributed by atoms with van der Waals surface area (Å²) >= 11 is 3.26. The van der Waals surface area contributed by atoms with Gasteiger partial charge in [0.25, 0.3) is 5.91 Å². The molecule has 1 fully saturated rings. The molecule has 1 atom stereocenters. The number of thiophene rings is 2. The van der Waals surface area contributed by atoms with E-state index >= 15 is 0 Å². The molecule has 7 heteroatoms. The molecule has 0 aliphatic carbocycles. The molecule has 1 aliphatic heterocycles. The minimum atomic E-state index is 0.109. The van der Waals surface area contributed by atoms with Crippen LogP contribution in [-0.2, 0) is 6.42 Å². The van der Waals surface area contributed by atoms with Gasteiger partial charge in [0, 0.05) is 34.3 Å². The van der Waals surface area contributed by atoms with Crippen molar-refractivity contribution in [1.29, 1.82) is 0 Å². The van der Waals surface area contributed by atoms with E-state index in [0.29, 0.717) is 18.3 Å². The van der Waals surface area contributed by atoms with Crippen LogP contribution in [0.3, 0.4) is 0 Å². The summed E-state index contributed by atoms with van der Waals surface area (Å²) in [6, 6.07) is 3.98. The first kappa shape index (κ1) is 16.5. The lowest BCUT2D eigenvalue weighted by molar-refractivity contribution is 0.0699. The maximum atomic E-state index is 12.8. The van der Waals surface area contributed by atoms with Gasteiger partial charge in [-0.3, -0.25) is 4.79 Å². The molecular formula is C18H19N3O2S2. The summed E-state index contributed by atoms with van der Waals surface area (Å²) < 4.78 is 5.87. The maximum Gasteiger partial charge on any atom is 0.254 e. The molecule has 130 valence electrons. The van der Waals surface area contributed by atoms with E-state index in [1.807, 2.05) is 33.2 Å². The molecule has 3 aromatic heterocycles. The second-order valence-electron chi connectivity index (χ2n) is 6.20. The molecule has 5 nitrogen and oxygen atoms in total. The highest BCUT2D eigenvalue weighted by Crippen LogP contribution is 2.30. The van der Waals surface area contributed by atoms with Crippen molar-refractivity contribution in [3.63, 3.8) is 0 Å². The molecule has 4 rings (SSSR count). The zero-order chi connectivity index (χ0) is 17.2. The molecule has 0 saturated carbocycles. The molecule has 0 aromatic carbocycles. The SMILES string of the molecule is CCc1cc(C(=O)N2CCC[C@H](c3nnc(-c4ccsc4)o3)C2)cs1. The molecule has 0 unspecified atom stereocenters. The van der Waals surface area contributed by atoms with E-state index in [1.165, 1.54) is 4.88 Å². The van der Waals surface area contributed by atoms with Crippen molar-refractivity contribution in [3.8, 4) is 11.5 Å². The highest BCUT2D eigenvalue weighted by Gasteiger charge is 2.29. The number of aryl methyl sites for hydroxylation is 1. The number of amides is 1. The third-order valence-electron chi connectivity index (χ3n) is 4.52. The Morgan fingerprint density at radius 3 is 3.08 bits per heavy atom. The van der Waals surface area contributed by atoms with Crippen molar-refractivity contribution < 1.29 is 9.21 Å². The van der Waals surface area contributed by atoms with Gasteiger partial charge in [-0.2, -0.15) is 11.3 Å². The molecule has 1 aliphatic rings. The van der Waals surface area contributed by atoms with Gasteiger partial charge in [-0.05, 0) is 36.8 Å². The normalized spacial score (nSPS) is 17.8. The number of rotatable bonds is 4. The predicted octanol–water partition coefficient (Wildman–Crippen LogP) is 4.44. The number of carbonyl (C=O) groups excluding carboxylic acids is 1. The Kier molecular flexibility index (Phi) is 4.67. The van der Waals surface area contributed by atoms with Gasteiger partial charge >= 0.3 is 0 Å². The molecule has 1 saturated heterocycles. The van der Waals surface area contributed by atoms with Gasteiger partial charge in [0.05, 0.1) is 11.5 Å². The van der Waals surface area contributed by atoms with Gasteiger partial charge in [-0.1, -0.05) is 6.92 Å². The molecule has 0 radical (unpaired) electrons. The van der Waals surface area contributed by atoms with E-state index < -0.39 is 0 Å². The summed E-state index contributed by atoms with van der Waals surface area (Å²) in [7, 11) is 0. The van der Waals surface area contributed by atoms with Crippen molar-refractivity contribution in [3.05, 3.63) is 44.6 Å². The number of carbonyl (C=O) groups is 1. The van der Waals surface area contributed by atoms with Crippen molar-refractivity contribution >= 4 is 28.6 Å². The Hall–Kier alpha value is -1.99. The summed E-state index contributed by atoms with van der Waals surface area (Å²) in [6.45, 7) is 3.54. The fraction of sp³-hybridized carbons (Fsp3) is 0.389. The average Bonchev–Trinajstić information content (AvgIpc) is 3.41. The highest BCUT2D eigenvalue weighted by atomic mass is 32.1. The topological polar surface area (TPSA) is 59.2 Å². The van der Waals surface area contributed by atoms with Gasteiger partial charge in [0.1, 0.15) is 0 Å². The van der Waals surface area contributed by atoms with Gasteiger partial charge in [0.15, 0.2) is 0 Å². The van der Waals surface area contributed by atoms with Crippen LogP contribution in [-0.4, -0.2) is 34.1 Å². The molecule has 4 heterocycles. The minimum absolute atomic E-state index is 0.109. The Morgan fingerprint density at radius 1 is 1.40 bits per heavy atom. The lowest BCUT2D eigenvalue weighted by atomic mass is 9.97. The predicted molar refractivity (Wildman–Crippen MR) is 99.2 cm³/mol. The fourth-order valence-corrected chi connectivity index (χ4v) is 4.56. The van der Waals surface area contributed by atoms with Crippen molar-refractivity contribution in [2.24, 2.45) is 0 Å². The third kappa shape index (κ3) is 3.39. The minimum Gasteiger partial charge on any atom is -0.420 e. The first-order valence-corrected chi connectivity index (χ1v) is 10.3.